The van der Waals surface area contributed by atoms with Gasteiger partial charge in [0.2, 0.25) is 0 Å². The van der Waals surface area contributed by atoms with Gasteiger partial charge in [-0.05, 0) is 32.9 Å². The number of carbonyl (C=O) groups is 1. The van der Waals surface area contributed by atoms with E-state index in [1.165, 1.54) is 12.3 Å². The van der Waals surface area contributed by atoms with Gasteiger partial charge >= 0.3 is 6.09 Å². The van der Waals surface area contributed by atoms with E-state index in [0.29, 0.717) is 26.2 Å². The molecule has 0 spiro atoms. The van der Waals surface area contributed by atoms with E-state index in [2.05, 4.69) is 4.98 Å². The molecule has 0 aliphatic carbocycles. The predicted molar refractivity (Wildman–Crippen MR) is 90.6 cm³/mol. The Morgan fingerprint density at radius 3 is 2.17 bits per heavy atom. The van der Waals surface area contributed by atoms with Gasteiger partial charge in [-0.15, -0.1) is 0 Å². The molecule has 1 saturated heterocycles. The van der Waals surface area contributed by atoms with Gasteiger partial charge in [-0.1, -0.05) is 13.8 Å². The number of anilines is 1. The Balaban J connectivity index is 0.00000139. The molecule has 0 saturated carbocycles. The van der Waals surface area contributed by atoms with Crippen LogP contribution >= 0.6 is 0 Å². The van der Waals surface area contributed by atoms with Gasteiger partial charge < -0.3 is 14.5 Å². The number of carbonyl (C=O) groups excluding carboxylic acids is 1. The molecule has 2 rings (SSSR count). The van der Waals surface area contributed by atoms with Crippen molar-refractivity contribution in [2.45, 2.75) is 46.6 Å². The lowest BCUT2D eigenvalue weighted by molar-refractivity contribution is 0.0240. The molecule has 1 aromatic heterocycles. The third-order valence-electron chi connectivity index (χ3n) is 3.29. The third kappa shape index (κ3) is 5.94. The van der Waals surface area contributed by atoms with Crippen LogP contribution in [-0.4, -0.2) is 47.8 Å². The molecule has 0 atom stereocenters. The molecule has 7 heteroatoms. The van der Waals surface area contributed by atoms with Crippen molar-refractivity contribution in [2.24, 2.45) is 0 Å². The Morgan fingerprint density at radius 1 is 1.17 bits per heavy atom. The number of piperazine rings is 1. The molecule has 0 unspecified atom stereocenters. The Labute approximate surface area is 142 Å². The monoisotopic (exact) mass is 343 g/mol. The first-order valence-corrected chi connectivity index (χ1v) is 8.23. The van der Waals surface area contributed by atoms with E-state index in [0.717, 1.165) is 5.69 Å². The van der Waals surface area contributed by atoms with Crippen LogP contribution in [0.25, 0.3) is 0 Å². The zero-order valence-electron chi connectivity index (χ0n) is 15.1. The maximum Gasteiger partial charge on any atom is 0.410 e. The normalized spacial score (nSPS) is 15.0. The van der Waals surface area contributed by atoms with Crippen LogP contribution in [0.15, 0.2) is 18.3 Å². The quantitative estimate of drug-likeness (QED) is 0.811. The van der Waals surface area contributed by atoms with Crippen molar-refractivity contribution in [3.8, 4) is 0 Å². The van der Waals surface area contributed by atoms with Crippen molar-refractivity contribution in [1.82, 2.24) is 9.88 Å². The number of alkyl halides is 2. The largest absolute Gasteiger partial charge is 0.444 e. The summed E-state index contributed by atoms with van der Waals surface area (Å²) in [6.07, 6.45) is -1.43. The number of hydrogen-bond donors (Lipinski definition) is 0. The second kappa shape index (κ2) is 8.80. The maximum atomic E-state index is 12.5. The summed E-state index contributed by atoms with van der Waals surface area (Å²) in [5.41, 5.74) is 0.0489. The highest BCUT2D eigenvalue weighted by Gasteiger charge is 2.26. The zero-order chi connectivity index (χ0) is 18.3. The van der Waals surface area contributed by atoms with Gasteiger partial charge in [-0.2, -0.15) is 0 Å². The van der Waals surface area contributed by atoms with Crippen molar-refractivity contribution in [2.75, 3.05) is 31.1 Å². The Hall–Kier alpha value is -1.92. The number of nitrogens with zero attached hydrogens (tertiary/aromatic N) is 3. The highest BCUT2D eigenvalue weighted by Crippen LogP contribution is 2.21. The molecule has 1 fully saturated rings. The van der Waals surface area contributed by atoms with Crippen LogP contribution in [0.4, 0.5) is 19.3 Å². The van der Waals surface area contributed by atoms with Crippen molar-refractivity contribution >= 4 is 11.8 Å². The SMILES string of the molecule is CC.CC(C)(C)OC(=O)N1CCN(c2ccc(C(F)F)nc2)CC1. The van der Waals surface area contributed by atoms with E-state index >= 15 is 0 Å². The minimum absolute atomic E-state index is 0.226. The lowest BCUT2D eigenvalue weighted by atomic mass is 10.2. The first-order chi connectivity index (χ1) is 11.3. The summed E-state index contributed by atoms with van der Waals surface area (Å²) < 4.78 is 30.3. The van der Waals surface area contributed by atoms with Crippen LogP contribution in [0.5, 0.6) is 0 Å². The summed E-state index contributed by atoms with van der Waals surface area (Å²) in [7, 11) is 0. The second-order valence-electron chi connectivity index (χ2n) is 6.20. The number of amides is 1. The molecule has 5 nitrogen and oxygen atoms in total. The fourth-order valence-corrected chi connectivity index (χ4v) is 2.19. The Morgan fingerprint density at radius 2 is 1.75 bits per heavy atom. The first kappa shape index (κ1) is 20.1. The summed E-state index contributed by atoms with van der Waals surface area (Å²) in [5, 5.41) is 0. The number of hydrogen-bond acceptors (Lipinski definition) is 4. The molecule has 2 heterocycles. The molecule has 0 radical (unpaired) electrons. The van der Waals surface area contributed by atoms with E-state index < -0.39 is 12.0 Å². The van der Waals surface area contributed by atoms with Crippen LogP contribution in [-0.2, 0) is 4.74 Å². The summed E-state index contributed by atoms with van der Waals surface area (Å²) >= 11 is 0. The number of ether oxygens (including phenoxy) is 1. The zero-order valence-corrected chi connectivity index (χ0v) is 15.1. The lowest BCUT2D eigenvalue weighted by Crippen LogP contribution is -2.50. The van der Waals surface area contributed by atoms with Crippen molar-refractivity contribution in [3.05, 3.63) is 24.0 Å². The number of rotatable bonds is 2. The molecule has 0 aromatic carbocycles. The topological polar surface area (TPSA) is 45.7 Å². The number of pyridine rings is 1. The fraction of sp³-hybridized carbons (Fsp3) is 0.647. The molecular formula is C17H27F2N3O2. The summed E-state index contributed by atoms with van der Waals surface area (Å²) in [4.78, 5) is 19.4. The average molecular weight is 343 g/mol. The van der Waals surface area contributed by atoms with Gasteiger partial charge in [0.1, 0.15) is 11.3 Å². The van der Waals surface area contributed by atoms with E-state index in [1.807, 2.05) is 39.5 Å². The lowest BCUT2D eigenvalue weighted by Gasteiger charge is -2.36. The molecule has 1 aliphatic heterocycles. The minimum atomic E-state index is -2.56. The highest BCUT2D eigenvalue weighted by molar-refractivity contribution is 5.68. The Kier molecular flexibility index (Phi) is 7.38. The van der Waals surface area contributed by atoms with E-state index in [9.17, 15) is 13.6 Å². The Bertz CT molecular complexity index is 508. The van der Waals surface area contributed by atoms with Crippen molar-refractivity contribution < 1.29 is 18.3 Å². The van der Waals surface area contributed by atoms with Crippen LogP contribution in [0.1, 0.15) is 46.7 Å². The molecule has 1 aliphatic rings. The van der Waals surface area contributed by atoms with Gasteiger partial charge in [0.15, 0.2) is 0 Å². The van der Waals surface area contributed by atoms with Crippen molar-refractivity contribution in [3.63, 3.8) is 0 Å². The standard InChI is InChI=1S/C15H21F2N3O2.C2H6/c1-15(2,3)22-14(21)20-8-6-19(7-9-20)11-4-5-12(13(16)17)18-10-11;1-2/h4-5,10,13H,6-9H2,1-3H3;1-2H3. The third-order valence-corrected chi connectivity index (χ3v) is 3.29. The fourth-order valence-electron chi connectivity index (χ4n) is 2.19. The summed E-state index contributed by atoms with van der Waals surface area (Å²) in [5.74, 6) is 0. The summed E-state index contributed by atoms with van der Waals surface area (Å²) in [6.45, 7) is 11.8. The van der Waals surface area contributed by atoms with E-state index in [1.54, 1.807) is 11.0 Å². The van der Waals surface area contributed by atoms with Crippen LogP contribution < -0.4 is 4.90 Å². The van der Waals surface area contributed by atoms with Gasteiger partial charge in [-0.3, -0.25) is 4.98 Å². The van der Waals surface area contributed by atoms with Gasteiger partial charge in [0, 0.05) is 26.2 Å². The predicted octanol–water partition coefficient (Wildman–Crippen LogP) is 4.10. The summed E-state index contributed by atoms with van der Waals surface area (Å²) in [6, 6.07) is 2.97. The van der Waals surface area contributed by atoms with E-state index in [4.69, 9.17) is 4.74 Å². The molecule has 1 aromatic rings. The van der Waals surface area contributed by atoms with Crippen LogP contribution in [0.3, 0.4) is 0 Å². The molecular weight excluding hydrogens is 316 g/mol. The maximum absolute atomic E-state index is 12.5. The highest BCUT2D eigenvalue weighted by atomic mass is 19.3. The minimum Gasteiger partial charge on any atom is -0.444 e. The van der Waals surface area contributed by atoms with Crippen molar-refractivity contribution in [1.29, 1.82) is 0 Å². The van der Waals surface area contributed by atoms with Crippen LogP contribution in [0, 0.1) is 0 Å². The van der Waals surface area contributed by atoms with E-state index in [-0.39, 0.29) is 11.8 Å². The number of aromatic nitrogens is 1. The molecule has 0 bridgehead atoms. The number of halogens is 2. The second-order valence-corrected chi connectivity index (χ2v) is 6.20. The average Bonchev–Trinajstić information content (AvgIpc) is 2.55. The molecule has 0 N–H and O–H groups in total. The van der Waals surface area contributed by atoms with Gasteiger partial charge in [0.05, 0.1) is 11.9 Å². The smallest absolute Gasteiger partial charge is 0.410 e. The molecule has 1 amide bonds. The van der Waals surface area contributed by atoms with Crippen LogP contribution in [0.2, 0.25) is 0 Å². The molecule has 24 heavy (non-hydrogen) atoms. The first-order valence-electron chi connectivity index (χ1n) is 8.23. The van der Waals surface area contributed by atoms with Gasteiger partial charge in [-0.25, -0.2) is 13.6 Å². The molecule has 136 valence electrons. The van der Waals surface area contributed by atoms with Gasteiger partial charge in [0.25, 0.3) is 6.43 Å².